The number of nitrogens with zero attached hydrogens (tertiary/aromatic N) is 3. The number of aryl methyl sites for hydroxylation is 3. The van der Waals surface area contributed by atoms with Gasteiger partial charge in [0.15, 0.2) is 0 Å². The quantitative estimate of drug-likeness (QED) is 0.711. The van der Waals surface area contributed by atoms with Gasteiger partial charge in [-0.3, -0.25) is 9.48 Å². The van der Waals surface area contributed by atoms with E-state index in [1.165, 1.54) is 4.31 Å². The molecule has 0 spiro atoms. The predicted molar refractivity (Wildman–Crippen MR) is 112 cm³/mol. The Morgan fingerprint density at radius 1 is 1.23 bits per heavy atom. The molecule has 30 heavy (non-hydrogen) atoms. The molecule has 1 aliphatic rings. The third-order valence-corrected chi connectivity index (χ3v) is 7.21. The molecule has 1 aromatic carbocycles. The van der Waals surface area contributed by atoms with Crippen molar-refractivity contribution in [1.82, 2.24) is 14.1 Å². The summed E-state index contributed by atoms with van der Waals surface area (Å²) in [7, 11) is -2.10. The molecule has 2 aromatic rings. The Labute approximate surface area is 177 Å². The molecule has 2 heterocycles. The van der Waals surface area contributed by atoms with Crippen molar-refractivity contribution in [3.8, 4) is 5.75 Å². The number of hydrogen-bond acceptors (Lipinski definition) is 6. The number of aromatic nitrogens is 2. The van der Waals surface area contributed by atoms with Crippen molar-refractivity contribution in [2.45, 2.75) is 38.6 Å². The Balaban J connectivity index is 1.72. The highest BCUT2D eigenvalue weighted by atomic mass is 32.2. The van der Waals surface area contributed by atoms with Crippen LogP contribution in [0.15, 0.2) is 23.1 Å². The van der Waals surface area contributed by atoms with E-state index in [-0.39, 0.29) is 23.8 Å². The maximum absolute atomic E-state index is 13.0. The number of carbonyl (C=O) groups excluding carboxylic acids is 1. The molecule has 0 unspecified atom stereocenters. The zero-order chi connectivity index (χ0) is 21.9. The van der Waals surface area contributed by atoms with Crippen molar-refractivity contribution in [2.75, 3.05) is 38.7 Å². The first kappa shape index (κ1) is 22.3. The third kappa shape index (κ3) is 4.66. The van der Waals surface area contributed by atoms with Gasteiger partial charge in [-0.15, -0.1) is 0 Å². The van der Waals surface area contributed by atoms with Gasteiger partial charge < -0.3 is 14.8 Å². The number of sulfonamides is 1. The number of carbonyl (C=O) groups is 1. The molecule has 10 heteroatoms. The number of nitrogens with one attached hydrogen (secondary N) is 1. The van der Waals surface area contributed by atoms with Gasteiger partial charge in [-0.2, -0.15) is 9.40 Å². The van der Waals surface area contributed by atoms with Gasteiger partial charge in [0.1, 0.15) is 10.6 Å². The van der Waals surface area contributed by atoms with Gasteiger partial charge in [-0.1, -0.05) is 6.07 Å². The topological polar surface area (TPSA) is 103 Å². The molecule has 0 bridgehead atoms. The summed E-state index contributed by atoms with van der Waals surface area (Å²) in [5.74, 6) is 0.378. The highest BCUT2D eigenvalue weighted by Crippen LogP contribution is 2.26. The second kappa shape index (κ2) is 9.15. The Morgan fingerprint density at radius 2 is 1.93 bits per heavy atom. The number of anilines is 1. The molecule has 0 atom stereocenters. The molecule has 164 valence electrons. The maximum Gasteiger partial charge on any atom is 0.246 e. The molecule has 1 aliphatic heterocycles. The van der Waals surface area contributed by atoms with Gasteiger partial charge >= 0.3 is 0 Å². The molecule has 0 aliphatic carbocycles. The van der Waals surface area contributed by atoms with Crippen molar-refractivity contribution in [3.63, 3.8) is 0 Å². The van der Waals surface area contributed by atoms with Crippen molar-refractivity contribution in [1.29, 1.82) is 0 Å². The second-order valence-electron chi connectivity index (χ2n) is 7.24. The van der Waals surface area contributed by atoms with Crippen LogP contribution in [0.3, 0.4) is 0 Å². The maximum atomic E-state index is 13.0. The van der Waals surface area contributed by atoms with Gasteiger partial charge in [0.2, 0.25) is 15.9 Å². The number of benzene rings is 1. The van der Waals surface area contributed by atoms with Crippen LogP contribution in [0, 0.1) is 20.8 Å². The van der Waals surface area contributed by atoms with Crippen LogP contribution in [0.2, 0.25) is 0 Å². The van der Waals surface area contributed by atoms with Gasteiger partial charge in [0, 0.05) is 19.5 Å². The number of amides is 1. The van der Waals surface area contributed by atoms with E-state index in [1.807, 2.05) is 19.1 Å². The highest BCUT2D eigenvalue weighted by Gasteiger charge is 2.32. The number of methoxy groups -OCH3 is 1. The van der Waals surface area contributed by atoms with Crippen molar-refractivity contribution < 1.29 is 22.7 Å². The van der Waals surface area contributed by atoms with Crippen LogP contribution in [0.4, 0.5) is 5.69 Å². The lowest BCUT2D eigenvalue weighted by Crippen LogP contribution is -2.41. The largest absolute Gasteiger partial charge is 0.495 e. The minimum Gasteiger partial charge on any atom is -0.495 e. The summed E-state index contributed by atoms with van der Waals surface area (Å²) in [6.45, 7) is 7.01. The summed E-state index contributed by atoms with van der Waals surface area (Å²) in [6, 6.07) is 5.54. The molecule has 0 radical (unpaired) electrons. The van der Waals surface area contributed by atoms with Gasteiger partial charge in [-0.05, 0) is 38.5 Å². The van der Waals surface area contributed by atoms with E-state index in [2.05, 4.69) is 10.4 Å². The minimum atomic E-state index is -3.65. The third-order valence-electron chi connectivity index (χ3n) is 5.06. The van der Waals surface area contributed by atoms with E-state index in [1.54, 1.807) is 31.7 Å². The summed E-state index contributed by atoms with van der Waals surface area (Å²) in [5.41, 5.74) is 2.56. The normalized spacial score (nSPS) is 15.2. The van der Waals surface area contributed by atoms with Crippen LogP contribution in [-0.4, -0.2) is 61.8 Å². The zero-order valence-corrected chi connectivity index (χ0v) is 18.6. The monoisotopic (exact) mass is 436 g/mol. The van der Waals surface area contributed by atoms with Gasteiger partial charge in [0.25, 0.3) is 0 Å². The molecule has 0 saturated carbocycles. The lowest BCUT2D eigenvalue weighted by atomic mass is 10.2. The fourth-order valence-electron chi connectivity index (χ4n) is 3.53. The summed E-state index contributed by atoms with van der Waals surface area (Å²) < 4.78 is 39.6. The fourth-order valence-corrected chi connectivity index (χ4v) is 5.31. The average Bonchev–Trinajstić information content (AvgIpc) is 3.01. The molecular weight excluding hydrogens is 408 g/mol. The summed E-state index contributed by atoms with van der Waals surface area (Å²) in [6.07, 6.45) is 0.149. The first-order chi connectivity index (χ1) is 14.2. The van der Waals surface area contributed by atoms with Crippen LogP contribution in [0.25, 0.3) is 0 Å². The van der Waals surface area contributed by atoms with E-state index in [0.717, 1.165) is 5.56 Å². The number of hydrogen-bond donors (Lipinski definition) is 1. The molecule has 1 fully saturated rings. The van der Waals surface area contributed by atoms with Crippen LogP contribution >= 0.6 is 0 Å². The molecule has 1 saturated heterocycles. The minimum absolute atomic E-state index is 0.149. The van der Waals surface area contributed by atoms with Crippen LogP contribution in [0.5, 0.6) is 5.75 Å². The summed E-state index contributed by atoms with van der Waals surface area (Å²) in [5, 5.41) is 7.22. The van der Waals surface area contributed by atoms with Crippen molar-refractivity contribution in [3.05, 3.63) is 35.2 Å². The van der Waals surface area contributed by atoms with Crippen molar-refractivity contribution >= 4 is 21.6 Å². The number of rotatable bonds is 7. The SMILES string of the molecule is COc1ccc(C)cc1NC(=O)CCn1nc(C)c(S(=O)(=O)N2CCOCC2)c1C. The van der Waals surface area contributed by atoms with Gasteiger partial charge in [-0.25, -0.2) is 8.42 Å². The standard InChI is InChI=1S/C20H28N4O5S/c1-14-5-6-18(28-4)17(13-14)21-19(25)7-8-24-16(3)20(15(2)22-24)30(26,27)23-9-11-29-12-10-23/h5-6,13H,7-12H2,1-4H3,(H,21,25). The Bertz CT molecular complexity index is 1030. The second-order valence-corrected chi connectivity index (χ2v) is 9.12. The Hall–Kier alpha value is -2.43. The molecule has 9 nitrogen and oxygen atoms in total. The highest BCUT2D eigenvalue weighted by molar-refractivity contribution is 7.89. The van der Waals surface area contributed by atoms with Crippen LogP contribution in [0.1, 0.15) is 23.4 Å². The van der Waals surface area contributed by atoms with E-state index >= 15 is 0 Å². The van der Waals surface area contributed by atoms with Crippen LogP contribution < -0.4 is 10.1 Å². The number of ether oxygens (including phenoxy) is 2. The van der Waals surface area contributed by atoms with Gasteiger partial charge in [0.05, 0.1) is 43.9 Å². The molecule has 3 rings (SSSR count). The predicted octanol–water partition coefficient (Wildman–Crippen LogP) is 1.87. The first-order valence-corrected chi connectivity index (χ1v) is 11.2. The van der Waals surface area contributed by atoms with E-state index in [4.69, 9.17) is 9.47 Å². The van der Waals surface area contributed by atoms with E-state index in [0.29, 0.717) is 49.1 Å². The lowest BCUT2D eigenvalue weighted by molar-refractivity contribution is -0.116. The van der Waals surface area contributed by atoms with E-state index in [9.17, 15) is 13.2 Å². The Kier molecular flexibility index (Phi) is 6.79. The zero-order valence-electron chi connectivity index (χ0n) is 17.8. The molecule has 1 aromatic heterocycles. The fraction of sp³-hybridized carbons (Fsp3) is 0.500. The smallest absolute Gasteiger partial charge is 0.246 e. The van der Waals surface area contributed by atoms with E-state index < -0.39 is 10.0 Å². The molecular formula is C20H28N4O5S. The first-order valence-electron chi connectivity index (χ1n) is 9.80. The summed E-state index contributed by atoms with van der Waals surface area (Å²) in [4.78, 5) is 12.7. The average molecular weight is 437 g/mol. The lowest BCUT2D eigenvalue weighted by Gasteiger charge is -2.26. The number of morpholine rings is 1. The van der Waals surface area contributed by atoms with Crippen LogP contribution in [-0.2, 0) is 26.1 Å². The molecule has 1 amide bonds. The Morgan fingerprint density at radius 3 is 2.60 bits per heavy atom. The van der Waals surface area contributed by atoms with Crippen molar-refractivity contribution in [2.24, 2.45) is 0 Å². The summed E-state index contributed by atoms with van der Waals surface area (Å²) >= 11 is 0. The molecule has 1 N–H and O–H groups in total.